The van der Waals surface area contributed by atoms with Crippen molar-refractivity contribution in [3.05, 3.63) is 46.5 Å². The molecule has 1 N–H and O–H groups in total. The molecule has 0 atom stereocenters. The van der Waals surface area contributed by atoms with Gasteiger partial charge in [-0.05, 0) is 19.1 Å². The van der Waals surface area contributed by atoms with Gasteiger partial charge in [-0.3, -0.25) is 4.98 Å². The Morgan fingerprint density at radius 1 is 1.40 bits per heavy atom. The fourth-order valence-electron chi connectivity index (χ4n) is 1.29. The number of aromatic amines is 1. The fourth-order valence-corrected chi connectivity index (χ4v) is 1.29. The van der Waals surface area contributed by atoms with Crippen LogP contribution in [-0.4, -0.2) is 15.0 Å². The van der Waals surface area contributed by atoms with Crippen molar-refractivity contribution in [1.29, 1.82) is 0 Å². The number of pyridine rings is 1. The number of aryl methyl sites for hydroxylation is 1. The van der Waals surface area contributed by atoms with Crippen molar-refractivity contribution in [3.63, 3.8) is 0 Å². The van der Waals surface area contributed by atoms with Crippen LogP contribution in [0.3, 0.4) is 0 Å². The topological polar surface area (TPSA) is 58.6 Å². The Bertz CT molecular complexity index is 550. The second kappa shape index (κ2) is 3.61. The van der Waals surface area contributed by atoms with Crippen molar-refractivity contribution in [2.75, 3.05) is 0 Å². The van der Waals surface area contributed by atoms with Crippen LogP contribution in [-0.2, 0) is 0 Å². The maximum Gasteiger partial charge on any atom is 0.345 e. The number of halogens is 1. The van der Waals surface area contributed by atoms with E-state index in [9.17, 15) is 9.18 Å². The highest BCUT2D eigenvalue weighted by molar-refractivity contribution is 5.58. The SMILES string of the molecule is Cc1cc(-c2[nH]c(=O)ncc2F)ccn1. The number of hydrogen-bond donors (Lipinski definition) is 1. The van der Waals surface area contributed by atoms with Crippen LogP contribution in [0, 0.1) is 12.7 Å². The normalized spacial score (nSPS) is 10.3. The number of rotatable bonds is 1. The molecule has 0 unspecified atom stereocenters. The number of nitrogens with one attached hydrogen (secondary N) is 1. The molecule has 0 saturated heterocycles. The first-order valence-electron chi connectivity index (χ1n) is 4.34. The van der Waals surface area contributed by atoms with Crippen LogP contribution < -0.4 is 5.69 Å². The maximum absolute atomic E-state index is 13.3. The van der Waals surface area contributed by atoms with Crippen molar-refractivity contribution in [2.24, 2.45) is 0 Å². The van der Waals surface area contributed by atoms with Gasteiger partial charge in [0.05, 0.1) is 11.9 Å². The summed E-state index contributed by atoms with van der Waals surface area (Å²) in [6, 6.07) is 3.32. The van der Waals surface area contributed by atoms with Gasteiger partial charge >= 0.3 is 5.69 Å². The van der Waals surface area contributed by atoms with Gasteiger partial charge in [-0.1, -0.05) is 0 Å². The van der Waals surface area contributed by atoms with E-state index in [4.69, 9.17) is 0 Å². The third-order valence-corrected chi connectivity index (χ3v) is 1.95. The van der Waals surface area contributed by atoms with Crippen molar-refractivity contribution >= 4 is 0 Å². The predicted octanol–water partition coefficient (Wildman–Crippen LogP) is 1.28. The van der Waals surface area contributed by atoms with Gasteiger partial charge in [0, 0.05) is 17.5 Å². The van der Waals surface area contributed by atoms with E-state index in [2.05, 4.69) is 15.0 Å². The molecule has 2 aromatic rings. The van der Waals surface area contributed by atoms with Crippen molar-refractivity contribution in [3.8, 4) is 11.3 Å². The van der Waals surface area contributed by atoms with E-state index in [0.717, 1.165) is 11.9 Å². The molecule has 2 rings (SSSR count). The number of hydrogen-bond acceptors (Lipinski definition) is 3. The number of nitrogens with zero attached hydrogens (tertiary/aromatic N) is 2. The molecule has 0 bridgehead atoms. The van der Waals surface area contributed by atoms with Crippen LogP contribution in [0.2, 0.25) is 0 Å². The molecule has 2 aromatic heterocycles. The minimum atomic E-state index is -0.569. The van der Waals surface area contributed by atoms with Crippen LogP contribution in [0.25, 0.3) is 11.3 Å². The summed E-state index contributed by atoms with van der Waals surface area (Å²) in [6.45, 7) is 1.79. The van der Waals surface area contributed by atoms with Crippen molar-refractivity contribution in [1.82, 2.24) is 15.0 Å². The van der Waals surface area contributed by atoms with Crippen LogP contribution in [0.15, 0.2) is 29.3 Å². The Morgan fingerprint density at radius 3 is 2.93 bits per heavy atom. The van der Waals surface area contributed by atoms with Gasteiger partial charge < -0.3 is 4.98 Å². The van der Waals surface area contributed by atoms with Gasteiger partial charge in [0.25, 0.3) is 0 Å². The summed E-state index contributed by atoms with van der Waals surface area (Å²) in [5.41, 5.74) is 0.908. The van der Waals surface area contributed by atoms with Gasteiger partial charge in [-0.15, -0.1) is 0 Å². The molecule has 0 saturated carbocycles. The van der Waals surface area contributed by atoms with Crippen LogP contribution in [0.4, 0.5) is 4.39 Å². The Hall–Kier alpha value is -2.04. The lowest BCUT2D eigenvalue weighted by Crippen LogP contribution is -2.11. The van der Waals surface area contributed by atoms with E-state index >= 15 is 0 Å². The molecule has 0 aliphatic heterocycles. The number of H-pyrrole nitrogens is 1. The average Bonchev–Trinajstić information content (AvgIpc) is 2.22. The lowest BCUT2D eigenvalue weighted by molar-refractivity contribution is 0.615. The first-order chi connectivity index (χ1) is 7.16. The molecule has 0 aliphatic rings. The standard InChI is InChI=1S/C10H8FN3O/c1-6-4-7(2-3-12-6)9-8(11)5-13-10(15)14-9/h2-5H,1H3,(H,13,14,15). The Morgan fingerprint density at radius 2 is 2.20 bits per heavy atom. The lowest BCUT2D eigenvalue weighted by atomic mass is 10.1. The Labute approximate surface area is 84.8 Å². The summed E-state index contributed by atoms with van der Waals surface area (Å²) in [5, 5.41) is 0. The largest absolute Gasteiger partial charge is 0.345 e. The third-order valence-electron chi connectivity index (χ3n) is 1.95. The molecule has 4 nitrogen and oxygen atoms in total. The molecular formula is C10H8FN3O. The molecule has 0 aliphatic carbocycles. The summed E-state index contributed by atoms with van der Waals surface area (Å²) in [5.74, 6) is -0.555. The van der Waals surface area contributed by atoms with Crippen LogP contribution in [0.5, 0.6) is 0 Å². The zero-order valence-electron chi connectivity index (χ0n) is 7.99. The van der Waals surface area contributed by atoms with E-state index in [1.165, 1.54) is 0 Å². The zero-order valence-corrected chi connectivity index (χ0v) is 7.99. The quantitative estimate of drug-likeness (QED) is 0.762. The summed E-state index contributed by atoms with van der Waals surface area (Å²) in [4.78, 5) is 20.6. The molecule has 2 heterocycles. The second-order valence-electron chi connectivity index (χ2n) is 3.10. The monoisotopic (exact) mass is 205 g/mol. The predicted molar refractivity (Wildman–Crippen MR) is 52.8 cm³/mol. The first-order valence-corrected chi connectivity index (χ1v) is 4.34. The van der Waals surface area contributed by atoms with Gasteiger partial charge in [0.15, 0.2) is 5.82 Å². The summed E-state index contributed by atoms with van der Waals surface area (Å²) in [6.07, 6.45) is 2.47. The molecule has 0 aromatic carbocycles. The molecule has 0 amide bonds. The van der Waals surface area contributed by atoms with Gasteiger partial charge in [-0.2, -0.15) is 4.98 Å². The van der Waals surface area contributed by atoms with Gasteiger partial charge in [0.1, 0.15) is 0 Å². The molecule has 0 spiro atoms. The summed E-state index contributed by atoms with van der Waals surface area (Å²) < 4.78 is 13.3. The minimum Gasteiger partial charge on any atom is -0.303 e. The molecule has 15 heavy (non-hydrogen) atoms. The summed E-state index contributed by atoms with van der Waals surface area (Å²) >= 11 is 0. The first kappa shape index (κ1) is 9.51. The fraction of sp³-hybridized carbons (Fsp3) is 0.100. The highest BCUT2D eigenvalue weighted by Crippen LogP contribution is 2.17. The molecule has 5 heteroatoms. The van der Waals surface area contributed by atoms with Crippen molar-refractivity contribution in [2.45, 2.75) is 6.92 Å². The van der Waals surface area contributed by atoms with E-state index in [-0.39, 0.29) is 5.69 Å². The second-order valence-corrected chi connectivity index (χ2v) is 3.10. The van der Waals surface area contributed by atoms with E-state index in [0.29, 0.717) is 5.56 Å². The van der Waals surface area contributed by atoms with E-state index in [1.807, 2.05) is 0 Å². The maximum atomic E-state index is 13.3. The molecule has 0 radical (unpaired) electrons. The lowest BCUT2D eigenvalue weighted by Gasteiger charge is -2.02. The van der Waals surface area contributed by atoms with Gasteiger partial charge in [0.2, 0.25) is 0 Å². The molecular weight excluding hydrogens is 197 g/mol. The van der Waals surface area contributed by atoms with Crippen LogP contribution >= 0.6 is 0 Å². The number of aromatic nitrogens is 3. The highest BCUT2D eigenvalue weighted by Gasteiger charge is 2.06. The average molecular weight is 205 g/mol. The molecule has 76 valence electrons. The van der Waals surface area contributed by atoms with E-state index in [1.54, 1.807) is 25.3 Å². The van der Waals surface area contributed by atoms with Crippen LogP contribution in [0.1, 0.15) is 5.69 Å². The third kappa shape index (κ3) is 1.90. The Kier molecular flexibility index (Phi) is 2.29. The van der Waals surface area contributed by atoms with Crippen molar-refractivity contribution < 1.29 is 4.39 Å². The highest BCUT2D eigenvalue weighted by atomic mass is 19.1. The summed E-state index contributed by atoms with van der Waals surface area (Å²) in [7, 11) is 0. The molecule has 0 fully saturated rings. The zero-order chi connectivity index (χ0) is 10.8. The van der Waals surface area contributed by atoms with Gasteiger partial charge in [-0.25, -0.2) is 9.18 Å². The minimum absolute atomic E-state index is 0.139. The Balaban J connectivity index is 2.63. The van der Waals surface area contributed by atoms with E-state index < -0.39 is 11.5 Å². The smallest absolute Gasteiger partial charge is 0.303 e.